The Hall–Kier alpha value is -3.16. The first-order valence-electron chi connectivity index (χ1n) is 9.56. The van der Waals surface area contributed by atoms with Crippen molar-refractivity contribution < 1.29 is 9.21 Å². The van der Waals surface area contributed by atoms with Crippen LogP contribution in [-0.2, 0) is 37.4 Å². The second kappa shape index (κ2) is 8.24. The van der Waals surface area contributed by atoms with E-state index in [0.29, 0.717) is 25.4 Å². The number of aryl methyl sites for hydroxylation is 1. The van der Waals surface area contributed by atoms with Crippen LogP contribution in [0, 0.1) is 0 Å². The summed E-state index contributed by atoms with van der Waals surface area (Å²) in [6.45, 7) is 1.30. The van der Waals surface area contributed by atoms with Gasteiger partial charge in [-0.2, -0.15) is 5.10 Å². The zero-order valence-electron chi connectivity index (χ0n) is 15.7. The molecular weight excluding hydrogens is 358 g/mol. The summed E-state index contributed by atoms with van der Waals surface area (Å²) in [5, 5.41) is 4.42. The third-order valence-electron chi connectivity index (χ3n) is 4.94. The van der Waals surface area contributed by atoms with Crippen LogP contribution >= 0.6 is 0 Å². The van der Waals surface area contributed by atoms with Crippen molar-refractivity contribution in [3.63, 3.8) is 0 Å². The molecule has 0 unspecified atom stereocenters. The zero-order valence-corrected chi connectivity index (χ0v) is 15.7. The summed E-state index contributed by atoms with van der Waals surface area (Å²) in [4.78, 5) is 31.5. The van der Waals surface area contributed by atoms with E-state index in [1.807, 2.05) is 18.2 Å². The summed E-state index contributed by atoms with van der Waals surface area (Å²) in [6.07, 6.45) is 8.88. The van der Waals surface area contributed by atoms with Gasteiger partial charge >= 0.3 is 5.69 Å². The van der Waals surface area contributed by atoms with Crippen LogP contribution in [0.25, 0.3) is 0 Å². The quantitative estimate of drug-likeness (QED) is 0.652. The Morgan fingerprint density at radius 2 is 2.11 bits per heavy atom. The molecule has 8 nitrogen and oxygen atoms in total. The van der Waals surface area contributed by atoms with Gasteiger partial charge in [0.25, 0.3) is 0 Å². The second-order valence-corrected chi connectivity index (χ2v) is 7.01. The molecule has 28 heavy (non-hydrogen) atoms. The molecule has 0 saturated carbocycles. The van der Waals surface area contributed by atoms with Crippen LogP contribution in [0.2, 0.25) is 0 Å². The molecule has 4 rings (SSSR count). The molecule has 0 saturated heterocycles. The predicted octanol–water partition coefficient (Wildman–Crippen LogP) is 1.99. The van der Waals surface area contributed by atoms with E-state index in [9.17, 15) is 9.59 Å². The fraction of sp³-hybridized carbons (Fsp3) is 0.400. The van der Waals surface area contributed by atoms with Gasteiger partial charge in [0.2, 0.25) is 5.91 Å². The average molecular weight is 381 g/mol. The van der Waals surface area contributed by atoms with Crippen molar-refractivity contribution in [2.75, 3.05) is 0 Å². The topological polar surface area (TPSA) is 86.2 Å². The number of fused-ring (bicyclic) bond motifs is 1. The van der Waals surface area contributed by atoms with Gasteiger partial charge in [-0.15, -0.1) is 0 Å². The number of pyridine rings is 1. The Balaban J connectivity index is 1.54. The van der Waals surface area contributed by atoms with E-state index in [1.54, 1.807) is 34.2 Å². The molecule has 1 amide bonds. The highest BCUT2D eigenvalue weighted by Crippen LogP contribution is 2.12. The molecule has 0 N–H and O–H groups in total. The number of amides is 1. The molecule has 4 heterocycles. The third-order valence-corrected chi connectivity index (χ3v) is 4.94. The second-order valence-electron chi connectivity index (χ2n) is 7.01. The highest BCUT2D eigenvalue weighted by molar-refractivity contribution is 5.75. The molecule has 146 valence electrons. The molecule has 0 aliphatic carbocycles. The molecule has 3 aromatic rings. The Labute approximate surface area is 162 Å². The van der Waals surface area contributed by atoms with Crippen molar-refractivity contribution in [3.8, 4) is 0 Å². The lowest BCUT2D eigenvalue weighted by atomic mass is 10.2. The zero-order chi connectivity index (χ0) is 19.3. The van der Waals surface area contributed by atoms with Crippen molar-refractivity contribution in [2.45, 2.75) is 51.9 Å². The molecule has 0 atom stereocenters. The summed E-state index contributed by atoms with van der Waals surface area (Å²) in [6, 6.07) is 7.37. The highest BCUT2D eigenvalue weighted by atomic mass is 16.3. The van der Waals surface area contributed by atoms with E-state index in [4.69, 9.17) is 4.42 Å². The molecule has 0 spiro atoms. The lowest BCUT2D eigenvalue weighted by Gasteiger charge is -2.21. The van der Waals surface area contributed by atoms with Gasteiger partial charge < -0.3 is 9.32 Å². The van der Waals surface area contributed by atoms with E-state index in [2.05, 4.69) is 10.1 Å². The van der Waals surface area contributed by atoms with Crippen LogP contribution in [0.15, 0.2) is 52.1 Å². The first-order valence-corrected chi connectivity index (χ1v) is 9.56. The van der Waals surface area contributed by atoms with Gasteiger partial charge in [-0.05, 0) is 36.6 Å². The van der Waals surface area contributed by atoms with Crippen LogP contribution in [0.3, 0.4) is 0 Å². The van der Waals surface area contributed by atoms with Crippen molar-refractivity contribution in [1.29, 1.82) is 0 Å². The minimum absolute atomic E-state index is 0.0835. The molecule has 0 radical (unpaired) electrons. The average Bonchev–Trinajstić information content (AvgIpc) is 3.24. The molecular formula is C20H23N5O3. The highest BCUT2D eigenvalue weighted by Gasteiger charge is 2.21. The number of nitrogens with zero attached hydrogens (tertiary/aromatic N) is 5. The smallest absolute Gasteiger partial charge is 0.346 e. The van der Waals surface area contributed by atoms with E-state index in [-0.39, 0.29) is 18.1 Å². The number of rotatable bonds is 6. The number of aromatic nitrogens is 4. The van der Waals surface area contributed by atoms with Crippen LogP contribution in [-0.4, -0.2) is 30.1 Å². The summed E-state index contributed by atoms with van der Waals surface area (Å²) < 4.78 is 8.41. The van der Waals surface area contributed by atoms with Gasteiger partial charge in [0.05, 0.1) is 12.8 Å². The van der Waals surface area contributed by atoms with E-state index in [1.165, 1.54) is 4.68 Å². The Morgan fingerprint density at radius 3 is 2.89 bits per heavy atom. The van der Waals surface area contributed by atoms with Crippen molar-refractivity contribution in [3.05, 3.63) is 70.6 Å². The van der Waals surface area contributed by atoms with Gasteiger partial charge in [0.1, 0.15) is 18.1 Å². The molecule has 0 fully saturated rings. The predicted molar refractivity (Wildman–Crippen MR) is 101 cm³/mol. The van der Waals surface area contributed by atoms with Crippen molar-refractivity contribution in [1.82, 2.24) is 24.2 Å². The van der Waals surface area contributed by atoms with Gasteiger partial charge in [-0.25, -0.2) is 9.48 Å². The normalized spacial score (nSPS) is 13.7. The number of carbonyl (C=O) groups excluding carboxylic acids is 1. The fourth-order valence-corrected chi connectivity index (χ4v) is 3.49. The third kappa shape index (κ3) is 4.05. The largest absolute Gasteiger partial charge is 0.467 e. The van der Waals surface area contributed by atoms with Gasteiger partial charge in [-0.1, -0.05) is 12.5 Å². The van der Waals surface area contributed by atoms with Crippen LogP contribution in [0.5, 0.6) is 0 Å². The van der Waals surface area contributed by atoms with Crippen LogP contribution in [0.4, 0.5) is 0 Å². The Kier molecular flexibility index (Phi) is 5.36. The maximum atomic E-state index is 13.0. The maximum Gasteiger partial charge on any atom is 0.346 e. The first kappa shape index (κ1) is 18.2. The number of hydrogen-bond acceptors (Lipinski definition) is 5. The first-order chi connectivity index (χ1) is 13.7. The fourth-order valence-electron chi connectivity index (χ4n) is 3.49. The molecule has 3 aromatic heterocycles. The molecule has 8 heteroatoms. The van der Waals surface area contributed by atoms with Gasteiger partial charge in [0, 0.05) is 31.9 Å². The minimum atomic E-state index is -0.204. The Morgan fingerprint density at radius 1 is 1.18 bits per heavy atom. The van der Waals surface area contributed by atoms with E-state index in [0.717, 1.165) is 37.1 Å². The number of hydrogen-bond donors (Lipinski definition) is 0. The van der Waals surface area contributed by atoms with Crippen molar-refractivity contribution >= 4 is 5.91 Å². The monoisotopic (exact) mass is 381 g/mol. The van der Waals surface area contributed by atoms with E-state index < -0.39 is 0 Å². The summed E-state index contributed by atoms with van der Waals surface area (Å²) in [5.41, 5.74) is 0.708. The Bertz CT molecular complexity index is 975. The lowest BCUT2D eigenvalue weighted by molar-refractivity contribution is -0.133. The summed E-state index contributed by atoms with van der Waals surface area (Å²) in [7, 11) is 0. The van der Waals surface area contributed by atoms with E-state index >= 15 is 0 Å². The summed E-state index contributed by atoms with van der Waals surface area (Å²) >= 11 is 0. The maximum absolute atomic E-state index is 13.0. The summed E-state index contributed by atoms with van der Waals surface area (Å²) in [5.74, 6) is 1.28. The SMILES string of the molecule is O=C(Cn1nc2n(c1=O)CCCCC2)N(Cc1cccnc1)Cc1ccco1. The van der Waals surface area contributed by atoms with Gasteiger partial charge in [0.15, 0.2) is 0 Å². The standard InChI is InChI=1S/C20H23N5O3/c26-19(15-25-20(27)24-10-3-1-2-8-18(24)22-25)23(14-17-7-5-11-28-17)13-16-6-4-9-21-12-16/h4-7,9,11-12H,1-3,8,10,13-15H2. The van der Waals surface area contributed by atoms with Crippen LogP contribution < -0.4 is 5.69 Å². The van der Waals surface area contributed by atoms with Gasteiger partial charge in [-0.3, -0.25) is 14.3 Å². The lowest BCUT2D eigenvalue weighted by Crippen LogP contribution is -2.36. The van der Waals surface area contributed by atoms with Crippen molar-refractivity contribution in [2.24, 2.45) is 0 Å². The molecule has 1 aliphatic rings. The van der Waals surface area contributed by atoms with Crippen LogP contribution in [0.1, 0.15) is 36.4 Å². The molecule has 0 aromatic carbocycles. The molecule has 0 bridgehead atoms. The number of carbonyl (C=O) groups is 1. The minimum Gasteiger partial charge on any atom is -0.467 e. The number of furan rings is 1. The molecule has 1 aliphatic heterocycles.